The first-order chi connectivity index (χ1) is 21.0. The Labute approximate surface area is 263 Å². The number of aliphatic carboxylic acids is 1. The highest BCUT2D eigenvalue weighted by Gasteiger charge is 2.11. The maximum absolute atomic E-state index is 12.6. The molecule has 1 atom stereocenters. The zero-order valence-corrected chi connectivity index (χ0v) is 27.5. The van der Waals surface area contributed by atoms with Crippen molar-refractivity contribution >= 4 is 17.8 Å². The molecule has 1 unspecified atom stereocenters. The van der Waals surface area contributed by atoms with Crippen LogP contribution in [0.2, 0.25) is 0 Å². The Morgan fingerprint density at radius 2 is 1.19 bits per heavy atom. The topological polar surface area (TPSA) is 92.7 Å². The first-order valence-corrected chi connectivity index (χ1v) is 17.3. The summed E-state index contributed by atoms with van der Waals surface area (Å²) in [7, 11) is 0. The van der Waals surface area contributed by atoms with Crippen LogP contribution in [-0.2, 0) is 19.1 Å². The molecule has 0 saturated heterocycles. The number of ether oxygens (including phenoxy) is 1. The van der Waals surface area contributed by atoms with Crippen LogP contribution in [0.4, 0.5) is 0 Å². The van der Waals surface area contributed by atoms with Gasteiger partial charge in [-0.2, -0.15) is 0 Å². The molecule has 0 aromatic rings. The van der Waals surface area contributed by atoms with Crippen molar-refractivity contribution in [2.24, 2.45) is 0 Å². The molecular formula is C37H63NO5. The van der Waals surface area contributed by atoms with E-state index in [1.54, 1.807) is 0 Å². The van der Waals surface area contributed by atoms with Crippen molar-refractivity contribution in [3.63, 3.8) is 0 Å². The van der Waals surface area contributed by atoms with Gasteiger partial charge in [0.25, 0.3) is 0 Å². The van der Waals surface area contributed by atoms with E-state index in [-0.39, 0.29) is 24.5 Å². The minimum Gasteiger partial charge on any atom is -0.480 e. The average Bonchev–Trinajstić information content (AvgIpc) is 2.99. The van der Waals surface area contributed by atoms with Gasteiger partial charge in [0.05, 0.1) is 0 Å². The van der Waals surface area contributed by atoms with Gasteiger partial charge >= 0.3 is 11.9 Å². The maximum Gasteiger partial charge on any atom is 0.322 e. The number of allylic oxidation sites excluding steroid dienone is 7. The second kappa shape index (κ2) is 32.3. The van der Waals surface area contributed by atoms with Crippen molar-refractivity contribution in [1.82, 2.24) is 5.32 Å². The van der Waals surface area contributed by atoms with Crippen LogP contribution in [0.3, 0.4) is 0 Å². The summed E-state index contributed by atoms with van der Waals surface area (Å²) in [5.41, 5.74) is 0. The number of carbonyl (C=O) groups is 3. The zero-order chi connectivity index (χ0) is 31.6. The summed E-state index contributed by atoms with van der Waals surface area (Å²) in [5.74, 6) is -1.37. The zero-order valence-electron chi connectivity index (χ0n) is 27.5. The van der Waals surface area contributed by atoms with Gasteiger partial charge in [0.1, 0.15) is 12.6 Å². The van der Waals surface area contributed by atoms with E-state index in [0.29, 0.717) is 12.8 Å². The second-order valence-electron chi connectivity index (χ2n) is 11.4. The van der Waals surface area contributed by atoms with Gasteiger partial charge in [-0.1, -0.05) is 114 Å². The third kappa shape index (κ3) is 32.1. The molecule has 246 valence electrons. The standard InChI is InChI=1S/C37H63NO5/c1-3-5-7-9-11-13-14-15-16-18-20-22-28-32-37(42)43-34(29-25-21-19-17-12-10-8-6-4-2)30-26-23-24-27-31-35(39)38-33-36(40)41/h7,9,13-14,17,19,25,29,34H,3-6,8,10-12,15-16,18,20-24,26-28,30-33H2,1-2H3,(H,38,39)(H,40,41)/b9-7-,14-13-,19-17-,29-25-. The van der Waals surface area contributed by atoms with Gasteiger partial charge in [-0.3, -0.25) is 14.4 Å². The molecule has 1 amide bonds. The highest BCUT2D eigenvalue weighted by atomic mass is 16.5. The first kappa shape index (κ1) is 40.4. The Hall–Kier alpha value is -2.63. The summed E-state index contributed by atoms with van der Waals surface area (Å²) in [6, 6.07) is 0. The number of hydrogen-bond acceptors (Lipinski definition) is 4. The van der Waals surface area contributed by atoms with E-state index in [1.807, 2.05) is 6.08 Å². The van der Waals surface area contributed by atoms with Crippen molar-refractivity contribution in [3.05, 3.63) is 48.6 Å². The minimum absolute atomic E-state index is 0.115. The highest BCUT2D eigenvalue weighted by molar-refractivity contribution is 5.80. The Morgan fingerprint density at radius 3 is 1.84 bits per heavy atom. The van der Waals surface area contributed by atoms with E-state index in [9.17, 15) is 14.4 Å². The van der Waals surface area contributed by atoms with Gasteiger partial charge in [0.2, 0.25) is 5.91 Å². The fraction of sp³-hybridized carbons (Fsp3) is 0.703. The van der Waals surface area contributed by atoms with Crippen molar-refractivity contribution in [2.45, 2.75) is 161 Å². The van der Waals surface area contributed by atoms with Gasteiger partial charge in [-0.05, 0) is 76.7 Å². The van der Waals surface area contributed by atoms with Crippen LogP contribution >= 0.6 is 0 Å². The molecule has 0 aromatic heterocycles. The van der Waals surface area contributed by atoms with Crippen LogP contribution in [-0.4, -0.2) is 35.6 Å². The fourth-order valence-corrected chi connectivity index (χ4v) is 4.62. The molecule has 0 rings (SSSR count). The lowest BCUT2D eigenvalue weighted by Crippen LogP contribution is -2.28. The molecule has 0 heterocycles. The summed E-state index contributed by atoms with van der Waals surface area (Å²) < 4.78 is 5.84. The minimum atomic E-state index is -1.03. The molecule has 0 radical (unpaired) electrons. The number of unbranched alkanes of at least 4 members (excludes halogenated alkanes) is 13. The summed E-state index contributed by atoms with van der Waals surface area (Å²) in [6.45, 7) is 4.09. The lowest BCUT2D eigenvalue weighted by atomic mass is 10.1. The summed E-state index contributed by atoms with van der Waals surface area (Å²) in [5, 5.41) is 11.0. The van der Waals surface area contributed by atoms with Gasteiger partial charge in [-0.15, -0.1) is 0 Å². The van der Waals surface area contributed by atoms with E-state index in [0.717, 1.165) is 83.5 Å². The molecule has 0 aliphatic carbocycles. The molecule has 0 bridgehead atoms. The smallest absolute Gasteiger partial charge is 0.322 e. The molecule has 0 saturated carbocycles. The van der Waals surface area contributed by atoms with E-state index in [2.05, 4.69) is 61.7 Å². The molecule has 43 heavy (non-hydrogen) atoms. The molecule has 0 aliphatic heterocycles. The lowest BCUT2D eigenvalue weighted by molar-refractivity contribution is -0.147. The van der Waals surface area contributed by atoms with E-state index in [4.69, 9.17) is 9.84 Å². The number of rotatable bonds is 30. The largest absolute Gasteiger partial charge is 0.480 e. The molecule has 0 spiro atoms. The number of carboxylic acids is 1. The van der Waals surface area contributed by atoms with Crippen LogP contribution in [0.25, 0.3) is 0 Å². The Morgan fingerprint density at radius 1 is 0.628 bits per heavy atom. The summed E-state index contributed by atoms with van der Waals surface area (Å²) >= 11 is 0. The lowest BCUT2D eigenvalue weighted by Gasteiger charge is -2.14. The number of carbonyl (C=O) groups excluding carboxylic acids is 2. The van der Waals surface area contributed by atoms with Crippen LogP contribution in [0.5, 0.6) is 0 Å². The fourth-order valence-electron chi connectivity index (χ4n) is 4.62. The predicted octanol–water partition coefficient (Wildman–Crippen LogP) is 9.95. The summed E-state index contributed by atoms with van der Waals surface area (Å²) in [6.07, 6.45) is 39.5. The van der Waals surface area contributed by atoms with Gasteiger partial charge < -0.3 is 15.2 Å². The van der Waals surface area contributed by atoms with Crippen molar-refractivity contribution in [2.75, 3.05) is 6.54 Å². The number of nitrogens with one attached hydrogen (secondary N) is 1. The Bertz CT molecular complexity index is 799. The van der Waals surface area contributed by atoms with Crippen molar-refractivity contribution in [1.29, 1.82) is 0 Å². The average molecular weight is 602 g/mol. The Balaban J connectivity index is 4.30. The van der Waals surface area contributed by atoms with E-state index in [1.165, 1.54) is 44.9 Å². The van der Waals surface area contributed by atoms with Gasteiger partial charge in [-0.25, -0.2) is 0 Å². The Kier molecular flexibility index (Phi) is 30.3. The van der Waals surface area contributed by atoms with Crippen LogP contribution in [0.15, 0.2) is 48.6 Å². The number of amides is 1. The van der Waals surface area contributed by atoms with Crippen molar-refractivity contribution in [3.8, 4) is 0 Å². The highest BCUT2D eigenvalue weighted by Crippen LogP contribution is 2.14. The van der Waals surface area contributed by atoms with Crippen LogP contribution in [0.1, 0.15) is 155 Å². The third-order valence-corrected chi connectivity index (χ3v) is 7.19. The molecule has 0 aromatic carbocycles. The quantitative estimate of drug-likeness (QED) is 0.0485. The van der Waals surface area contributed by atoms with E-state index >= 15 is 0 Å². The summed E-state index contributed by atoms with van der Waals surface area (Å²) in [4.78, 5) is 34.8. The molecule has 0 fully saturated rings. The van der Waals surface area contributed by atoms with Crippen molar-refractivity contribution < 1.29 is 24.2 Å². The monoisotopic (exact) mass is 601 g/mol. The number of hydrogen-bond donors (Lipinski definition) is 2. The first-order valence-electron chi connectivity index (χ1n) is 17.3. The molecule has 6 nitrogen and oxygen atoms in total. The van der Waals surface area contributed by atoms with Gasteiger partial charge in [0, 0.05) is 12.8 Å². The predicted molar refractivity (Wildman–Crippen MR) is 180 cm³/mol. The molecule has 0 aliphatic rings. The molecule has 2 N–H and O–H groups in total. The number of esters is 1. The molecule has 6 heteroatoms. The normalized spacial score (nSPS) is 12.6. The second-order valence-corrected chi connectivity index (χ2v) is 11.4. The van der Waals surface area contributed by atoms with E-state index < -0.39 is 5.97 Å². The SMILES string of the molecule is CCC/C=C\C/C=C\CCCCCCCC(=O)OC(/C=C\C/C=C\CCCCCC)CCCCCCC(=O)NCC(=O)O. The third-order valence-electron chi connectivity index (χ3n) is 7.19. The van der Waals surface area contributed by atoms with Gasteiger partial charge in [0.15, 0.2) is 0 Å². The number of carboxylic acid groups (broad SMARTS) is 1. The van der Waals surface area contributed by atoms with Crippen LogP contribution in [0, 0.1) is 0 Å². The van der Waals surface area contributed by atoms with Crippen LogP contribution < -0.4 is 5.32 Å². The molecular weight excluding hydrogens is 538 g/mol. The maximum atomic E-state index is 12.6.